The fourth-order valence-corrected chi connectivity index (χ4v) is 3.35. The van der Waals surface area contributed by atoms with Crippen molar-refractivity contribution in [3.63, 3.8) is 0 Å². The van der Waals surface area contributed by atoms with Crippen LogP contribution in [0.25, 0.3) is 12.2 Å². The second kappa shape index (κ2) is 7.71. The third-order valence-corrected chi connectivity index (χ3v) is 4.94. The van der Waals surface area contributed by atoms with E-state index in [9.17, 15) is 42.0 Å². The Morgan fingerprint density at radius 1 is 0.926 bits per heavy atom. The lowest BCUT2D eigenvalue weighted by molar-refractivity contribution is -0.385. The molecule has 2 aromatic rings. The molecule has 0 spiro atoms. The average Bonchev–Trinajstić information content (AvgIpc) is 2.58. The summed E-state index contributed by atoms with van der Waals surface area (Å²) in [4.78, 5) is 18.7. The molecule has 2 aromatic carbocycles. The molecule has 1 atom stereocenters. The highest BCUT2D eigenvalue weighted by Crippen LogP contribution is 2.26. The van der Waals surface area contributed by atoms with E-state index in [-0.39, 0.29) is 11.1 Å². The smallest absolute Gasteiger partial charge is 0.295 e. The standard InChI is InChI=1S/C14H10N2O9S2/c17-15(18)11-5-3-9(13(7-11)26(21)22)1-2-10-4-6-12(16(19)20)8-14(10)27(23,24)25/h1-8H,(H,21,22)(H,23,24,25)/p-1/b2-1+. The van der Waals surface area contributed by atoms with Crippen LogP contribution in [0.3, 0.4) is 0 Å². The van der Waals surface area contributed by atoms with Gasteiger partial charge >= 0.3 is 0 Å². The maximum absolute atomic E-state index is 11.5. The topological polar surface area (TPSA) is 181 Å². The van der Waals surface area contributed by atoms with E-state index in [0.717, 1.165) is 42.5 Å². The number of nitrogens with zero attached hydrogens (tertiary/aromatic N) is 2. The highest BCUT2D eigenvalue weighted by atomic mass is 32.2. The lowest BCUT2D eigenvalue weighted by Crippen LogP contribution is -2.02. The molecule has 0 aliphatic rings. The molecular weight excluding hydrogens is 404 g/mol. The maximum Gasteiger partial charge on any atom is 0.295 e. The van der Waals surface area contributed by atoms with Crippen LogP contribution in [0.2, 0.25) is 0 Å². The first kappa shape index (κ1) is 20.3. The summed E-state index contributed by atoms with van der Waals surface area (Å²) in [6.45, 7) is 0. The molecule has 0 heterocycles. The van der Waals surface area contributed by atoms with E-state index in [1.54, 1.807) is 0 Å². The Labute approximate surface area is 154 Å². The Kier molecular flexibility index (Phi) is 5.80. The fourth-order valence-electron chi connectivity index (χ4n) is 2.10. The zero-order valence-corrected chi connectivity index (χ0v) is 14.7. The average molecular weight is 413 g/mol. The first-order valence-corrected chi connectivity index (χ1v) is 9.34. The Balaban J connectivity index is 2.57. The van der Waals surface area contributed by atoms with Crippen LogP contribution in [0.5, 0.6) is 0 Å². The molecule has 142 valence electrons. The number of rotatable bonds is 6. The Morgan fingerprint density at radius 3 is 1.89 bits per heavy atom. The van der Waals surface area contributed by atoms with Crippen LogP contribution in [-0.2, 0) is 21.2 Å². The molecule has 0 aromatic heterocycles. The maximum atomic E-state index is 11.5. The third kappa shape index (κ3) is 4.79. The van der Waals surface area contributed by atoms with E-state index in [1.807, 2.05) is 0 Å². The van der Waals surface area contributed by atoms with Crippen molar-refractivity contribution in [1.29, 1.82) is 0 Å². The minimum absolute atomic E-state index is 0.00794. The molecule has 0 saturated heterocycles. The van der Waals surface area contributed by atoms with Gasteiger partial charge in [-0.05, 0) is 34.3 Å². The molecule has 0 amide bonds. The van der Waals surface area contributed by atoms with Gasteiger partial charge < -0.3 is 4.55 Å². The van der Waals surface area contributed by atoms with Crippen LogP contribution >= 0.6 is 0 Å². The molecule has 0 aliphatic heterocycles. The number of hydrogen-bond acceptors (Lipinski definition) is 8. The van der Waals surface area contributed by atoms with Gasteiger partial charge in [0.2, 0.25) is 0 Å². The highest BCUT2D eigenvalue weighted by molar-refractivity contribution is 7.86. The molecule has 0 fully saturated rings. The number of nitro groups is 2. The number of nitro benzene ring substituents is 2. The predicted octanol–water partition coefficient (Wildman–Crippen LogP) is 2.16. The number of non-ortho nitro benzene ring substituents is 2. The van der Waals surface area contributed by atoms with E-state index in [4.69, 9.17) is 0 Å². The van der Waals surface area contributed by atoms with Gasteiger partial charge in [-0.15, -0.1) is 0 Å². The van der Waals surface area contributed by atoms with Crippen molar-refractivity contribution >= 4 is 44.7 Å². The summed E-state index contributed by atoms with van der Waals surface area (Å²) in [7, 11) is -4.81. The summed E-state index contributed by atoms with van der Waals surface area (Å²) >= 11 is -2.82. The molecule has 0 saturated carbocycles. The summed E-state index contributed by atoms with van der Waals surface area (Å²) in [5.41, 5.74) is -1.17. The summed E-state index contributed by atoms with van der Waals surface area (Å²) in [5.74, 6) is 0. The molecule has 1 N–H and O–H groups in total. The zero-order valence-electron chi connectivity index (χ0n) is 13.0. The van der Waals surface area contributed by atoms with Crippen LogP contribution in [0.4, 0.5) is 11.4 Å². The predicted molar refractivity (Wildman–Crippen MR) is 92.1 cm³/mol. The van der Waals surface area contributed by atoms with E-state index in [1.165, 1.54) is 0 Å². The van der Waals surface area contributed by atoms with Gasteiger partial charge in [0.15, 0.2) is 0 Å². The largest absolute Gasteiger partial charge is 0.768 e. The van der Waals surface area contributed by atoms with Gasteiger partial charge in [-0.3, -0.25) is 29.0 Å². The first-order valence-electron chi connectivity index (χ1n) is 6.82. The summed E-state index contributed by atoms with van der Waals surface area (Å²) < 4.78 is 54.7. The molecule has 27 heavy (non-hydrogen) atoms. The second-order valence-electron chi connectivity index (χ2n) is 5.00. The monoisotopic (exact) mass is 413 g/mol. The van der Waals surface area contributed by atoms with Crippen LogP contribution in [0.1, 0.15) is 11.1 Å². The van der Waals surface area contributed by atoms with E-state index >= 15 is 0 Å². The Bertz CT molecular complexity index is 1090. The molecule has 11 nitrogen and oxygen atoms in total. The van der Waals surface area contributed by atoms with Gasteiger partial charge in [0.25, 0.3) is 21.5 Å². The van der Waals surface area contributed by atoms with Crippen LogP contribution in [0, 0.1) is 20.2 Å². The fraction of sp³-hybridized carbons (Fsp3) is 0. The van der Waals surface area contributed by atoms with Crippen molar-refractivity contribution in [3.8, 4) is 0 Å². The van der Waals surface area contributed by atoms with E-state index < -0.39 is 52.2 Å². The van der Waals surface area contributed by atoms with Crippen molar-refractivity contribution in [2.75, 3.05) is 0 Å². The van der Waals surface area contributed by atoms with Crippen LogP contribution in [0.15, 0.2) is 46.2 Å². The van der Waals surface area contributed by atoms with Gasteiger partial charge in [-0.1, -0.05) is 12.2 Å². The van der Waals surface area contributed by atoms with Crippen LogP contribution < -0.4 is 0 Å². The quantitative estimate of drug-likeness (QED) is 0.244. The van der Waals surface area contributed by atoms with Crippen molar-refractivity contribution in [1.82, 2.24) is 0 Å². The van der Waals surface area contributed by atoms with Gasteiger partial charge in [-0.2, -0.15) is 8.42 Å². The molecular formula is C14H9N2O9S2-. The molecule has 0 aliphatic carbocycles. The lowest BCUT2D eigenvalue weighted by Gasteiger charge is -2.09. The first-order chi connectivity index (χ1) is 12.5. The normalized spacial score (nSPS) is 12.8. The van der Waals surface area contributed by atoms with E-state index in [2.05, 4.69) is 0 Å². The zero-order chi connectivity index (χ0) is 20.4. The van der Waals surface area contributed by atoms with Crippen molar-refractivity contribution in [2.24, 2.45) is 0 Å². The number of benzene rings is 2. The molecule has 0 bridgehead atoms. The SMILES string of the molecule is O=[N+]([O-])c1ccc(/C=C/c2ccc([N+](=O)[O-])cc2S(=O)(=O)O)c(S(=O)[O-])c1. The molecule has 2 rings (SSSR count). The molecule has 0 radical (unpaired) electrons. The highest BCUT2D eigenvalue weighted by Gasteiger charge is 2.19. The third-order valence-electron chi connectivity index (χ3n) is 3.32. The molecule has 1 unspecified atom stereocenters. The Hall–Kier alpha value is -3.00. The Morgan fingerprint density at radius 2 is 1.41 bits per heavy atom. The van der Waals surface area contributed by atoms with Gasteiger partial charge in [0.05, 0.1) is 9.85 Å². The van der Waals surface area contributed by atoms with Crippen LogP contribution in [-0.4, -0.2) is 31.6 Å². The lowest BCUT2D eigenvalue weighted by atomic mass is 10.1. The minimum Gasteiger partial charge on any atom is -0.768 e. The minimum atomic E-state index is -4.81. The van der Waals surface area contributed by atoms with Crippen molar-refractivity contribution in [3.05, 3.63) is 67.8 Å². The van der Waals surface area contributed by atoms with Crippen molar-refractivity contribution in [2.45, 2.75) is 9.79 Å². The summed E-state index contributed by atoms with van der Waals surface area (Å²) in [6.07, 6.45) is 2.25. The van der Waals surface area contributed by atoms with Crippen molar-refractivity contribution < 1.29 is 31.6 Å². The summed E-state index contributed by atoms with van der Waals surface area (Å²) in [5, 5.41) is 21.5. The van der Waals surface area contributed by atoms with Gasteiger partial charge in [-0.25, -0.2) is 0 Å². The van der Waals surface area contributed by atoms with Gasteiger partial charge in [0.1, 0.15) is 4.90 Å². The summed E-state index contributed by atoms with van der Waals surface area (Å²) in [6, 6.07) is 5.71. The second-order valence-corrected chi connectivity index (χ2v) is 7.30. The molecule has 13 heteroatoms. The number of hydrogen-bond donors (Lipinski definition) is 1. The van der Waals surface area contributed by atoms with Gasteiger partial charge in [0, 0.05) is 29.2 Å². The van der Waals surface area contributed by atoms with E-state index in [0.29, 0.717) is 6.07 Å².